The minimum absolute atomic E-state index is 0.0870. The molecule has 10 heteroatoms. The maximum atomic E-state index is 13.2. The van der Waals surface area contributed by atoms with E-state index in [4.69, 9.17) is 19.4 Å². The van der Waals surface area contributed by atoms with Gasteiger partial charge in [-0.2, -0.15) is 0 Å². The maximum absolute atomic E-state index is 13.2. The molecule has 2 aliphatic heterocycles. The Morgan fingerprint density at radius 1 is 0.714 bits per heavy atom. The molecular weight excluding hydrogens is 701 g/mol. The average Bonchev–Trinajstić information content (AvgIpc) is 3.88. The molecular formula is C46H52N6O4. The number of likely N-dealkylation sites (tertiary alicyclic amines) is 2. The van der Waals surface area contributed by atoms with Crippen molar-refractivity contribution in [2.45, 2.75) is 128 Å². The molecule has 2 saturated heterocycles. The number of benzene rings is 3. The third-order valence-electron chi connectivity index (χ3n) is 12.7. The molecule has 56 heavy (non-hydrogen) atoms. The Hall–Kier alpha value is -5.12. The number of amides is 2. The summed E-state index contributed by atoms with van der Waals surface area (Å²) in [5.41, 5.74) is 11.0. The first-order chi connectivity index (χ1) is 26.8. The van der Waals surface area contributed by atoms with Crippen molar-refractivity contribution in [2.75, 3.05) is 6.54 Å². The van der Waals surface area contributed by atoms with E-state index in [0.717, 1.165) is 59.6 Å². The summed E-state index contributed by atoms with van der Waals surface area (Å²) in [5.74, 6) is 3.34. The molecule has 10 nitrogen and oxygen atoms in total. The summed E-state index contributed by atoms with van der Waals surface area (Å²) in [6.07, 6.45) is 8.84. The SMILES string of the molecule is CC(C)(C)OC(=O)N1CCC[C@H]1c1nc2ccc(-c3ccc(-c4ccc(-c5cnc([C@@H]6CC7CC7N6C(=O)OC(C)(C)C)[nH]5)cc4)c4c3C3CCC4C3)cc2[nH]1. The van der Waals surface area contributed by atoms with Crippen molar-refractivity contribution in [1.82, 2.24) is 29.7 Å². The largest absolute Gasteiger partial charge is 0.444 e. The number of hydrogen-bond acceptors (Lipinski definition) is 6. The monoisotopic (exact) mass is 752 g/mol. The molecule has 0 spiro atoms. The maximum Gasteiger partial charge on any atom is 0.411 e. The van der Waals surface area contributed by atoms with Crippen LogP contribution in [0.5, 0.6) is 0 Å². The van der Waals surface area contributed by atoms with Crippen LogP contribution in [-0.4, -0.2) is 65.7 Å². The zero-order valence-corrected chi connectivity index (χ0v) is 33.3. The number of imidazole rings is 2. The fraction of sp³-hybridized carbons (Fsp3) is 0.478. The lowest BCUT2D eigenvalue weighted by molar-refractivity contribution is 0.0172. The molecule has 2 amide bonds. The van der Waals surface area contributed by atoms with E-state index in [1.807, 2.05) is 57.5 Å². The number of hydrogen-bond donors (Lipinski definition) is 2. The predicted molar refractivity (Wildman–Crippen MR) is 216 cm³/mol. The van der Waals surface area contributed by atoms with Gasteiger partial charge in [-0.15, -0.1) is 0 Å². The van der Waals surface area contributed by atoms with Crippen LogP contribution in [0.4, 0.5) is 9.59 Å². The van der Waals surface area contributed by atoms with Crippen LogP contribution in [0.1, 0.15) is 133 Å². The smallest absolute Gasteiger partial charge is 0.411 e. The lowest BCUT2D eigenvalue weighted by atomic mass is 9.81. The minimum atomic E-state index is -0.541. The average molecular weight is 753 g/mol. The van der Waals surface area contributed by atoms with Gasteiger partial charge in [0.05, 0.1) is 35.0 Å². The number of H-pyrrole nitrogens is 2. The molecule has 0 radical (unpaired) electrons. The summed E-state index contributed by atoms with van der Waals surface area (Å²) in [6.45, 7) is 12.1. The molecule has 4 fully saturated rings. The van der Waals surface area contributed by atoms with Crippen LogP contribution in [0.15, 0.2) is 60.8 Å². The first-order valence-corrected chi connectivity index (χ1v) is 20.6. The van der Waals surface area contributed by atoms with Crippen molar-refractivity contribution in [3.63, 3.8) is 0 Å². The van der Waals surface area contributed by atoms with Crippen molar-refractivity contribution < 1.29 is 19.1 Å². The predicted octanol–water partition coefficient (Wildman–Crippen LogP) is 10.8. The van der Waals surface area contributed by atoms with Crippen LogP contribution in [0.3, 0.4) is 0 Å². The Labute approximate surface area is 328 Å². The van der Waals surface area contributed by atoms with Gasteiger partial charge in [0, 0.05) is 12.6 Å². The van der Waals surface area contributed by atoms with Gasteiger partial charge >= 0.3 is 12.2 Å². The van der Waals surface area contributed by atoms with E-state index in [0.29, 0.717) is 24.3 Å². The fourth-order valence-electron chi connectivity index (χ4n) is 10.2. The first-order valence-electron chi connectivity index (χ1n) is 20.6. The van der Waals surface area contributed by atoms with Gasteiger partial charge in [-0.05, 0) is 155 Å². The number of fused-ring (bicyclic) bond motifs is 7. The Kier molecular flexibility index (Phi) is 8.01. The molecule has 290 valence electrons. The summed E-state index contributed by atoms with van der Waals surface area (Å²) < 4.78 is 11.5. The van der Waals surface area contributed by atoms with Gasteiger partial charge in [0.1, 0.15) is 22.9 Å². The van der Waals surface area contributed by atoms with Gasteiger partial charge in [-0.25, -0.2) is 19.6 Å². The van der Waals surface area contributed by atoms with Gasteiger partial charge in [0.25, 0.3) is 0 Å². The number of aromatic amines is 2. The Morgan fingerprint density at radius 2 is 1.38 bits per heavy atom. The number of carbonyl (C=O) groups is 2. The fourth-order valence-corrected chi connectivity index (χ4v) is 10.2. The van der Waals surface area contributed by atoms with Crippen molar-refractivity contribution in [1.29, 1.82) is 0 Å². The van der Waals surface area contributed by atoms with Crippen molar-refractivity contribution in [2.24, 2.45) is 5.92 Å². The zero-order valence-electron chi connectivity index (χ0n) is 33.3. The van der Waals surface area contributed by atoms with Gasteiger partial charge in [0.2, 0.25) is 0 Å². The quantitative estimate of drug-likeness (QED) is 0.185. The van der Waals surface area contributed by atoms with E-state index in [2.05, 4.69) is 64.6 Å². The number of carbonyl (C=O) groups excluding carboxylic acids is 2. The molecule has 3 aromatic carbocycles. The third-order valence-corrected chi connectivity index (χ3v) is 12.7. The second kappa shape index (κ2) is 12.7. The Bertz CT molecular complexity index is 2360. The molecule has 2 bridgehead atoms. The summed E-state index contributed by atoms with van der Waals surface area (Å²) in [6, 6.07) is 20.2. The van der Waals surface area contributed by atoms with Gasteiger partial charge in [-0.3, -0.25) is 9.80 Å². The standard InChI is InChI=1S/C46H52N6O4/c1-45(2,3)55-43(53)51-19-7-8-36(51)42-48-33-18-15-27(21-34(33)49-42)32-17-16-31(39-28-13-14-29(20-28)40(32)39)25-9-11-26(12-10-25)35-24-47-41(50-35)38-23-30-22-37(30)52(38)44(54)56-46(4,5)6/h9-12,15-18,21,24,28-30,36-38H,7-8,13-14,19-20,22-23H2,1-6H3,(H,47,50)(H,48,49)/t28?,29?,30?,36-,37?,38-/m0/s1. The van der Waals surface area contributed by atoms with Gasteiger partial charge in [-0.1, -0.05) is 42.5 Å². The highest BCUT2D eigenvalue weighted by atomic mass is 16.6. The molecule has 2 saturated carbocycles. The molecule has 5 aromatic rings. The van der Waals surface area contributed by atoms with E-state index in [-0.39, 0.29) is 30.3 Å². The van der Waals surface area contributed by atoms with Crippen LogP contribution in [0.2, 0.25) is 0 Å². The summed E-state index contributed by atoms with van der Waals surface area (Å²) >= 11 is 0. The van der Waals surface area contributed by atoms with E-state index in [1.165, 1.54) is 52.6 Å². The first kappa shape index (κ1) is 35.3. The topological polar surface area (TPSA) is 116 Å². The van der Waals surface area contributed by atoms with E-state index >= 15 is 0 Å². The zero-order chi connectivity index (χ0) is 38.7. The van der Waals surface area contributed by atoms with E-state index in [1.54, 1.807) is 0 Å². The molecule has 4 unspecified atom stereocenters. The lowest BCUT2D eigenvalue weighted by Gasteiger charge is -2.29. The van der Waals surface area contributed by atoms with Crippen LogP contribution < -0.4 is 0 Å². The van der Waals surface area contributed by atoms with E-state index in [9.17, 15) is 9.59 Å². The van der Waals surface area contributed by atoms with Crippen LogP contribution >= 0.6 is 0 Å². The number of nitrogens with zero attached hydrogens (tertiary/aromatic N) is 4. The van der Waals surface area contributed by atoms with Crippen LogP contribution in [0.25, 0.3) is 44.5 Å². The Balaban J connectivity index is 0.910. The summed E-state index contributed by atoms with van der Waals surface area (Å²) in [5, 5.41) is 0. The highest BCUT2D eigenvalue weighted by Gasteiger charge is 2.56. The van der Waals surface area contributed by atoms with Crippen LogP contribution in [0, 0.1) is 5.92 Å². The highest BCUT2D eigenvalue weighted by Crippen LogP contribution is 2.58. The molecule has 3 aliphatic carbocycles. The van der Waals surface area contributed by atoms with Crippen molar-refractivity contribution in [3.05, 3.63) is 83.6 Å². The molecule has 10 rings (SSSR count). The molecule has 2 aromatic heterocycles. The molecule has 4 heterocycles. The summed E-state index contributed by atoms with van der Waals surface area (Å²) in [7, 11) is 0. The number of ether oxygens (including phenoxy) is 2. The second-order valence-electron chi connectivity index (χ2n) is 18.8. The minimum Gasteiger partial charge on any atom is -0.444 e. The summed E-state index contributed by atoms with van der Waals surface area (Å²) in [4.78, 5) is 46.9. The van der Waals surface area contributed by atoms with Crippen molar-refractivity contribution >= 4 is 23.2 Å². The molecule has 6 atom stereocenters. The number of nitrogens with one attached hydrogen (secondary N) is 2. The van der Waals surface area contributed by atoms with E-state index < -0.39 is 11.2 Å². The highest BCUT2D eigenvalue weighted by molar-refractivity contribution is 5.86. The lowest BCUT2D eigenvalue weighted by Crippen LogP contribution is -2.38. The number of piperidine rings is 1. The number of aromatic nitrogens is 4. The molecule has 5 aliphatic rings. The van der Waals surface area contributed by atoms with Gasteiger partial charge < -0.3 is 19.4 Å². The van der Waals surface area contributed by atoms with Gasteiger partial charge in [0.15, 0.2) is 0 Å². The normalized spacial score (nSPS) is 25.2. The molecule has 2 N–H and O–H groups in total. The Morgan fingerprint density at radius 3 is 2.09 bits per heavy atom. The third kappa shape index (κ3) is 6.16. The second-order valence-corrected chi connectivity index (χ2v) is 18.8. The number of rotatable bonds is 5. The van der Waals surface area contributed by atoms with Crippen LogP contribution in [-0.2, 0) is 9.47 Å². The van der Waals surface area contributed by atoms with Crippen molar-refractivity contribution in [3.8, 4) is 33.5 Å².